The summed E-state index contributed by atoms with van der Waals surface area (Å²) >= 11 is 0. The monoisotopic (exact) mass is 372 g/mol. The van der Waals surface area contributed by atoms with Crippen molar-refractivity contribution in [1.82, 2.24) is 0 Å². The Morgan fingerprint density at radius 1 is 0.885 bits per heavy atom. The van der Waals surface area contributed by atoms with Crippen LogP contribution in [-0.4, -0.2) is 59.6 Å². The second-order valence-electron chi connectivity index (χ2n) is 7.32. The second kappa shape index (κ2) is 15.6. The highest BCUT2D eigenvalue weighted by atomic mass is 16.6. The van der Waals surface area contributed by atoms with Crippen LogP contribution in [0.25, 0.3) is 0 Å². The highest BCUT2D eigenvalue weighted by Crippen LogP contribution is 2.18. The molecule has 154 valence electrons. The zero-order valence-corrected chi connectivity index (χ0v) is 16.5. The van der Waals surface area contributed by atoms with Crippen molar-refractivity contribution in [3.8, 4) is 0 Å². The third-order valence-corrected chi connectivity index (χ3v) is 5.00. The number of aliphatic hydroxyl groups excluding tert-OH is 3. The summed E-state index contributed by atoms with van der Waals surface area (Å²) in [4.78, 5) is 0. The number of unbranched alkanes of at least 4 members (excludes halogenated alkanes) is 9. The first-order valence-electron chi connectivity index (χ1n) is 10.6. The van der Waals surface area contributed by atoms with Gasteiger partial charge in [-0.3, -0.25) is 0 Å². The summed E-state index contributed by atoms with van der Waals surface area (Å²) in [6, 6.07) is 0. The molecule has 0 aliphatic carbocycles. The normalized spacial score (nSPS) is 26.6. The van der Waals surface area contributed by atoms with Crippen molar-refractivity contribution in [1.29, 1.82) is 0 Å². The third-order valence-electron chi connectivity index (χ3n) is 5.00. The molecule has 0 spiro atoms. The summed E-state index contributed by atoms with van der Waals surface area (Å²) in [5.74, 6) is 0. The lowest BCUT2D eigenvalue weighted by molar-refractivity contribution is -0.208. The zero-order valence-electron chi connectivity index (χ0n) is 16.5. The molecule has 3 N–H and O–H groups in total. The Morgan fingerprint density at radius 3 is 2.15 bits per heavy atom. The van der Waals surface area contributed by atoms with Gasteiger partial charge < -0.3 is 24.8 Å². The average Bonchev–Trinajstić information content (AvgIpc) is 2.65. The number of ether oxygens (including phenoxy) is 2. The van der Waals surface area contributed by atoms with Gasteiger partial charge in [-0.25, -0.2) is 0 Å². The van der Waals surface area contributed by atoms with Gasteiger partial charge in [0.1, 0.15) is 24.4 Å². The van der Waals surface area contributed by atoms with Crippen molar-refractivity contribution in [2.45, 2.75) is 102 Å². The van der Waals surface area contributed by atoms with Gasteiger partial charge in [0.25, 0.3) is 0 Å². The SMILES string of the molecule is CCCCCCCCC/C=C/CCCCO[C@@H]1CO[C@@H](CO)[C@H](O)[C@H]1O. The molecule has 1 heterocycles. The molecule has 1 aliphatic heterocycles. The van der Waals surface area contributed by atoms with Gasteiger partial charge in [0.05, 0.1) is 13.2 Å². The lowest BCUT2D eigenvalue weighted by Gasteiger charge is -2.36. The van der Waals surface area contributed by atoms with E-state index >= 15 is 0 Å². The first kappa shape index (κ1) is 23.6. The minimum absolute atomic E-state index is 0.210. The molecule has 0 aromatic heterocycles. The smallest absolute Gasteiger partial charge is 0.111 e. The van der Waals surface area contributed by atoms with Gasteiger partial charge in [0.15, 0.2) is 0 Å². The van der Waals surface area contributed by atoms with Crippen LogP contribution in [-0.2, 0) is 9.47 Å². The van der Waals surface area contributed by atoms with Crippen molar-refractivity contribution in [3.63, 3.8) is 0 Å². The molecule has 0 amide bonds. The van der Waals surface area contributed by atoms with Crippen LogP contribution in [0.5, 0.6) is 0 Å². The maximum Gasteiger partial charge on any atom is 0.111 e. The molecule has 0 saturated carbocycles. The van der Waals surface area contributed by atoms with Crippen LogP contribution in [0, 0.1) is 0 Å². The van der Waals surface area contributed by atoms with Gasteiger partial charge in [0, 0.05) is 6.61 Å². The lowest BCUT2D eigenvalue weighted by atomic mass is 10.0. The predicted octanol–water partition coefficient (Wildman–Crippen LogP) is 3.35. The van der Waals surface area contributed by atoms with Crippen LogP contribution < -0.4 is 0 Å². The van der Waals surface area contributed by atoms with Crippen molar-refractivity contribution in [2.24, 2.45) is 0 Å². The quantitative estimate of drug-likeness (QED) is 0.303. The Labute approximate surface area is 159 Å². The topological polar surface area (TPSA) is 79.2 Å². The molecule has 4 atom stereocenters. The van der Waals surface area contributed by atoms with Crippen LogP contribution in [0.4, 0.5) is 0 Å². The first-order valence-corrected chi connectivity index (χ1v) is 10.6. The maximum absolute atomic E-state index is 9.97. The molecule has 5 heteroatoms. The van der Waals surface area contributed by atoms with E-state index in [0.29, 0.717) is 6.61 Å². The van der Waals surface area contributed by atoms with E-state index in [4.69, 9.17) is 14.6 Å². The van der Waals surface area contributed by atoms with Gasteiger partial charge in [-0.05, 0) is 32.1 Å². The Bertz CT molecular complexity index is 347. The maximum atomic E-state index is 9.97. The van der Waals surface area contributed by atoms with Crippen LogP contribution in [0.2, 0.25) is 0 Å². The van der Waals surface area contributed by atoms with E-state index in [2.05, 4.69) is 19.1 Å². The Balaban J connectivity index is 1.91. The summed E-state index contributed by atoms with van der Waals surface area (Å²) in [6.45, 7) is 2.72. The summed E-state index contributed by atoms with van der Waals surface area (Å²) in [5, 5.41) is 28.8. The van der Waals surface area contributed by atoms with E-state index in [9.17, 15) is 10.2 Å². The largest absolute Gasteiger partial charge is 0.394 e. The van der Waals surface area contributed by atoms with Crippen LogP contribution >= 0.6 is 0 Å². The molecule has 0 bridgehead atoms. The summed E-state index contributed by atoms with van der Waals surface area (Å²) in [7, 11) is 0. The highest BCUT2D eigenvalue weighted by molar-refractivity contribution is 4.87. The summed E-state index contributed by atoms with van der Waals surface area (Å²) in [6.07, 6.45) is 14.9. The number of hydrogen-bond acceptors (Lipinski definition) is 5. The second-order valence-corrected chi connectivity index (χ2v) is 7.32. The van der Waals surface area contributed by atoms with E-state index in [1.165, 1.54) is 51.4 Å². The summed E-state index contributed by atoms with van der Waals surface area (Å²) in [5.41, 5.74) is 0. The Kier molecular flexibility index (Phi) is 14.1. The fraction of sp³-hybridized carbons (Fsp3) is 0.905. The summed E-state index contributed by atoms with van der Waals surface area (Å²) < 4.78 is 10.9. The van der Waals surface area contributed by atoms with Crippen LogP contribution in [0.3, 0.4) is 0 Å². The third kappa shape index (κ3) is 10.0. The molecule has 1 fully saturated rings. The first-order chi connectivity index (χ1) is 12.7. The fourth-order valence-corrected chi connectivity index (χ4v) is 3.22. The zero-order chi connectivity index (χ0) is 19.0. The number of aliphatic hydroxyl groups is 3. The van der Waals surface area contributed by atoms with Crippen molar-refractivity contribution in [3.05, 3.63) is 12.2 Å². The molecule has 1 rings (SSSR count). The van der Waals surface area contributed by atoms with E-state index in [1.54, 1.807) is 0 Å². The molecule has 0 aromatic rings. The standard InChI is InChI=1S/C21H40O5/c1-2-3-4-5-6-7-8-9-10-11-12-13-14-15-25-19-17-26-18(16-22)20(23)21(19)24/h10-11,18-24H,2-9,12-17H2,1H3/b11-10+/t18-,19+,20-,21-/m0/s1. The van der Waals surface area contributed by atoms with Gasteiger partial charge in [0.2, 0.25) is 0 Å². The van der Waals surface area contributed by atoms with Gasteiger partial charge in [-0.15, -0.1) is 0 Å². The number of hydrogen-bond donors (Lipinski definition) is 3. The van der Waals surface area contributed by atoms with Gasteiger partial charge >= 0.3 is 0 Å². The fourth-order valence-electron chi connectivity index (χ4n) is 3.22. The van der Waals surface area contributed by atoms with Gasteiger partial charge in [-0.2, -0.15) is 0 Å². The van der Waals surface area contributed by atoms with E-state index < -0.39 is 24.4 Å². The molecule has 0 unspecified atom stereocenters. The molecule has 1 saturated heterocycles. The predicted molar refractivity (Wildman–Crippen MR) is 104 cm³/mol. The lowest BCUT2D eigenvalue weighted by Crippen LogP contribution is -2.55. The molecular formula is C21H40O5. The van der Waals surface area contributed by atoms with E-state index in [-0.39, 0.29) is 13.2 Å². The Morgan fingerprint density at radius 2 is 1.50 bits per heavy atom. The molecule has 5 nitrogen and oxygen atoms in total. The van der Waals surface area contributed by atoms with E-state index in [1.807, 2.05) is 0 Å². The molecule has 0 aromatic carbocycles. The number of rotatable bonds is 15. The van der Waals surface area contributed by atoms with Gasteiger partial charge in [-0.1, -0.05) is 57.6 Å². The molecule has 26 heavy (non-hydrogen) atoms. The average molecular weight is 373 g/mol. The van der Waals surface area contributed by atoms with Crippen LogP contribution in [0.15, 0.2) is 12.2 Å². The minimum atomic E-state index is -1.09. The molecule has 1 aliphatic rings. The van der Waals surface area contributed by atoms with Crippen molar-refractivity contribution >= 4 is 0 Å². The number of allylic oxidation sites excluding steroid dienone is 2. The van der Waals surface area contributed by atoms with Crippen LogP contribution in [0.1, 0.15) is 77.6 Å². The van der Waals surface area contributed by atoms with Crippen molar-refractivity contribution < 1.29 is 24.8 Å². The minimum Gasteiger partial charge on any atom is -0.394 e. The van der Waals surface area contributed by atoms with E-state index in [0.717, 1.165) is 19.3 Å². The Hall–Kier alpha value is -0.460. The van der Waals surface area contributed by atoms with Crippen molar-refractivity contribution in [2.75, 3.05) is 19.8 Å². The molecular weight excluding hydrogens is 332 g/mol. The molecule has 0 radical (unpaired) electrons. The highest BCUT2D eigenvalue weighted by Gasteiger charge is 2.38.